The largest absolute Gasteiger partial charge is 0.361 e. The maximum atomic E-state index is 12.6. The number of aryl methyl sites for hydroxylation is 1. The molecular formula is C15H18N4O2S. The van der Waals surface area contributed by atoms with Gasteiger partial charge in [0.1, 0.15) is 10.8 Å². The van der Waals surface area contributed by atoms with E-state index in [0.29, 0.717) is 11.3 Å². The van der Waals surface area contributed by atoms with E-state index in [0.717, 1.165) is 42.7 Å². The number of carbonyl (C=O) groups excluding carboxylic acids is 1. The highest BCUT2D eigenvalue weighted by atomic mass is 32.2. The van der Waals surface area contributed by atoms with E-state index in [2.05, 4.69) is 15.5 Å². The summed E-state index contributed by atoms with van der Waals surface area (Å²) in [6, 6.07) is 5.54. The fourth-order valence-corrected chi connectivity index (χ4v) is 3.20. The van der Waals surface area contributed by atoms with E-state index in [-0.39, 0.29) is 5.91 Å². The summed E-state index contributed by atoms with van der Waals surface area (Å²) in [4.78, 5) is 18.9. The van der Waals surface area contributed by atoms with E-state index < -0.39 is 0 Å². The summed E-state index contributed by atoms with van der Waals surface area (Å²) in [5.74, 6) is 1.47. The van der Waals surface area contributed by atoms with E-state index >= 15 is 0 Å². The Morgan fingerprint density at radius 3 is 3.00 bits per heavy atom. The SMILES string of the molecule is Cc1cc(CSc2ncccc2C(=O)N2CCNCC2)no1. The fraction of sp³-hybridized carbons (Fsp3) is 0.400. The molecule has 2 aromatic rings. The molecule has 1 fully saturated rings. The smallest absolute Gasteiger partial charge is 0.256 e. The van der Waals surface area contributed by atoms with E-state index in [9.17, 15) is 4.79 Å². The lowest BCUT2D eigenvalue weighted by atomic mass is 10.2. The van der Waals surface area contributed by atoms with E-state index in [4.69, 9.17) is 4.52 Å². The Bertz CT molecular complexity index is 652. The Morgan fingerprint density at radius 2 is 2.27 bits per heavy atom. The normalized spacial score (nSPS) is 15.0. The number of rotatable bonds is 4. The highest BCUT2D eigenvalue weighted by Gasteiger charge is 2.21. The van der Waals surface area contributed by atoms with Crippen LogP contribution in [0.15, 0.2) is 33.9 Å². The summed E-state index contributed by atoms with van der Waals surface area (Å²) in [6.07, 6.45) is 1.71. The van der Waals surface area contributed by atoms with Gasteiger partial charge in [-0.1, -0.05) is 16.9 Å². The molecule has 1 amide bonds. The molecule has 0 bridgehead atoms. The first kappa shape index (κ1) is 15.1. The number of carbonyl (C=O) groups is 1. The Balaban J connectivity index is 1.72. The molecule has 0 radical (unpaired) electrons. The van der Waals surface area contributed by atoms with Crippen LogP contribution in [0, 0.1) is 6.92 Å². The predicted octanol–water partition coefficient (Wildman–Crippen LogP) is 1.72. The van der Waals surface area contributed by atoms with Crippen molar-refractivity contribution in [2.24, 2.45) is 0 Å². The van der Waals surface area contributed by atoms with E-state index in [1.807, 2.05) is 24.0 Å². The van der Waals surface area contributed by atoms with Crippen molar-refractivity contribution >= 4 is 17.7 Å². The number of nitrogens with zero attached hydrogens (tertiary/aromatic N) is 3. The van der Waals surface area contributed by atoms with Gasteiger partial charge in [0.2, 0.25) is 0 Å². The second kappa shape index (κ2) is 6.93. The Hall–Kier alpha value is -1.86. The third kappa shape index (κ3) is 3.48. The molecule has 0 unspecified atom stereocenters. The first-order valence-corrected chi connectivity index (χ1v) is 8.22. The number of amides is 1. The minimum absolute atomic E-state index is 0.0495. The summed E-state index contributed by atoms with van der Waals surface area (Å²) in [5, 5.41) is 7.96. The van der Waals surface area contributed by atoms with Gasteiger partial charge < -0.3 is 14.7 Å². The zero-order chi connectivity index (χ0) is 15.4. The Labute approximate surface area is 133 Å². The quantitative estimate of drug-likeness (QED) is 0.866. The monoisotopic (exact) mass is 318 g/mol. The first-order valence-electron chi connectivity index (χ1n) is 7.24. The minimum atomic E-state index is 0.0495. The first-order chi connectivity index (χ1) is 10.7. The summed E-state index contributed by atoms with van der Waals surface area (Å²) in [6.45, 7) is 5.02. The zero-order valence-electron chi connectivity index (χ0n) is 12.4. The van der Waals surface area contributed by atoms with E-state index in [1.165, 1.54) is 11.8 Å². The lowest BCUT2D eigenvalue weighted by Gasteiger charge is -2.27. The molecule has 0 atom stereocenters. The van der Waals surface area contributed by atoms with Gasteiger partial charge in [0.15, 0.2) is 0 Å². The molecule has 7 heteroatoms. The molecule has 1 N–H and O–H groups in total. The molecule has 22 heavy (non-hydrogen) atoms. The van der Waals surface area contributed by atoms with Crippen molar-refractivity contribution in [3.8, 4) is 0 Å². The number of piperazine rings is 1. The van der Waals surface area contributed by atoms with Crippen molar-refractivity contribution in [1.82, 2.24) is 20.4 Å². The van der Waals surface area contributed by atoms with Crippen molar-refractivity contribution in [3.05, 3.63) is 41.4 Å². The van der Waals surface area contributed by atoms with Gasteiger partial charge >= 0.3 is 0 Å². The van der Waals surface area contributed by atoms with Crippen molar-refractivity contribution in [1.29, 1.82) is 0 Å². The summed E-state index contributed by atoms with van der Waals surface area (Å²) in [7, 11) is 0. The van der Waals surface area contributed by atoms with Gasteiger partial charge in [-0.25, -0.2) is 4.98 Å². The minimum Gasteiger partial charge on any atom is -0.361 e. The predicted molar refractivity (Wildman–Crippen MR) is 83.8 cm³/mol. The molecule has 1 aliphatic rings. The molecule has 6 nitrogen and oxygen atoms in total. The van der Waals surface area contributed by atoms with Crippen molar-refractivity contribution in [2.75, 3.05) is 26.2 Å². The molecule has 3 heterocycles. The third-order valence-electron chi connectivity index (χ3n) is 3.44. The Morgan fingerprint density at radius 1 is 1.45 bits per heavy atom. The number of aromatic nitrogens is 2. The Kier molecular flexibility index (Phi) is 4.74. The number of thioether (sulfide) groups is 1. The highest BCUT2D eigenvalue weighted by Crippen LogP contribution is 2.25. The van der Waals surface area contributed by atoms with Gasteiger partial charge in [-0.3, -0.25) is 4.79 Å². The van der Waals surface area contributed by atoms with Crippen LogP contribution in [0.1, 0.15) is 21.8 Å². The van der Waals surface area contributed by atoms with Crippen LogP contribution in [0.25, 0.3) is 0 Å². The summed E-state index contributed by atoms with van der Waals surface area (Å²) < 4.78 is 5.06. The van der Waals surface area contributed by atoms with Crippen molar-refractivity contribution in [3.63, 3.8) is 0 Å². The second-order valence-electron chi connectivity index (χ2n) is 5.12. The zero-order valence-corrected chi connectivity index (χ0v) is 13.2. The molecule has 2 aromatic heterocycles. The van der Waals surface area contributed by atoms with Crippen LogP contribution in [0.4, 0.5) is 0 Å². The fourth-order valence-electron chi connectivity index (χ4n) is 2.34. The molecule has 1 aliphatic heterocycles. The van der Waals surface area contributed by atoms with Crippen LogP contribution in [-0.4, -0.2) is 47.1 Å². The van der Waals surface area contributed by atoms with Gasteiger partial charge in [-0.2, -0.15) is 0 Å². The maximum absolute atomic E-state index is 12.6. The van der Waals surface area contributed by atoms with Gasteiger partial charge in [0.05, 0.1) is 11.3 Å². The average molecular weight is 318 g/mol. The van der Waals surface area contributed by atoms with Crippen LogP contribution in [0.3, 0.4) is 0 Å². The lowest BCUT2D eigenvalue weighted by molar-refractivity contribution is 0.0731. The van der Waals surface area contributed by atoms with Crippen LogP contribution in [0.2, 0.25) is 0 Å². The second-order valence-corrected chi connectivity index (χ2v) is 6.08. The summed E-state index contributed by atoms with van der Waals surface area (Å²) in [5.41, 5.74) is 1.52. The summed E-state index contributed by atoms with van der Waals surface area (Å²) >= 11 is 1.51. The van der Waals surface area contributed by atoms with Crippen molar-refractivity contribution in [2.45, 2.75) is 17.7 Å². The third-order valence-corrected chi connectivity index (χ3v) is 4.48. The molecule has 0 saturated carbocycles. The van der Waals surface area contributed by atoms with Gasteiger partial charge in [-0.15, -0.1) is 0 Å². The average Bonchev–Trinajstić information content (AvgIpc) is 2.99. The number of hydrogen-bond donors (Lipinski definition) is 1. The van der Waals surface area contributed by atoms with Crippen molar-refractivity contribution < 1.29 is 9.32 Å². The standard InChI is InChI=1S/C15H18N4O2S/c1-11-9-12(18-21-11)10-22-14-13(3-2-4-17-14)15(20)19-7-5-16-6-8-19/h2-4,9,16H,5-8,10H2,1H3. The molecule has 116 valence electrons. The lowest BCUT2D eigenvalue weighted by Crippen LogP contribution is -2.46. The topological polar surface area (TPSA) is 71.3 Å². The van der Waals surface area contributed by atoms with Crippen LogP contribution in [0.5, 0.6) is 0 Å². The molecule has 0 spiro atoms. The van der Waals surface area contributed by atoms with Gasteiger partial charge in [-0.05, 0) is 19.1 Å². The molecular weight excluding hydrogens is 300 g/mol. The van der Waals surface area contributed by atoms with E-state index in [1.54, 1.807) is 12.3 Å². The number of nitrogens with one attached hydrogen (secondary N) is 1. The highest BCUT2D eigenvalue weighted by molar-refractivity contribution is 7.98. The maximum Gasteiger partial charge on any atom is 0.256 e. The molecule has 0 aliphatic carbocycles. The van der Waals surface area contributed by atoms with Crippen LogP contribution >= 0.6 is 11.8 Å². The molecule has 0 aromatic carbocycles. The van der Waals surface area contributed by atoms with Gasteiger partial charge in [0, 0.05) is 44.2 Å². The number of pyridine rings is 1. The molecule has 3 rings (SSSR count). The molecule has 1 saturated heterocycles. The van der Waals surface area contributed by atoms with Gasteiger partial charge in [0.25, 0.3) is 5.91 Å². The van der Waals surface area contributed by atoms with Crippen LogP contribution in [-0.2, 0) is 5.75 Å². The number of hydrogen-bond acceptors (Lipinski definition) is 6. The van der Waals surface area contributed by atoms with Crippen LogP contribution < -0.4 is 5.32 Å².